The minimum Gasteiger partial charge on any atom is -0.495 e. The van der Waals surface area contributed by atoms with E-state index < -0.39 is 0 Å². The zero-order chi connectivity index (χ0) is 16.1. The third kappa shape index (κ3) is 5.88. The zero-order valence-corrected chi connectivity index (χ0v) is 16.3. The van der Waals surface area contributed by atoms with Crippen LogP contribution < -0.4 is 15.8 Å². The van der Waals surface area contributed by atoms with Crippen molar-refractivity contribution < 1.29 is 9.53 Å². The van der Waals surface area contributed by atoms with E-state index in [1.165, 1.54) is 0 Å². The summed E-state index contributed by atoms with van der Waals surface area (Å²) in [5.74, 6) is 1.35. The van der Waals surface area contributed by atoms with Crippen molar-refractivity contribution in [3.05, 3.63) is 23.2 Å². The third-order valence-electron chi connectivity index (χ3n) is 4.16. The molecule has 1 fully saturated rings. The summed E-state index contributed by atoms with van der Waals surface area (Å²) < 4.78 is 5.27. The van der Waals surface area contributed by atoms with Gasteiger partial charge < -0.3 is 20.7 Å². The van der Waals surface area contributed by atoms with Crippen molar-refractivity contribution in [2.75, 3.05) is 32.1 Å². The molecule has 0 spiro atoms. The fourth-order valence-corrected chi connectivity index (χ4v) is 3.07. The van der Waals surface area contributed by atoms with Gasteiger partial charge in [-0.25, -0.2) is 0 Å². The van der Waals surface area contributed by atoms with Gasteiger partial charge in [0.25, 0.3) is 0 Å². The number of rotatable bonds is 5. The van der Waals surface area contributed by atoms with E-state index >= 15 is 0 Å². The molecule has 2 unspecified atom stereocenters. The van der Waals surface area contributed by atoms with E-state index in [0.717, 1.165) is 25.1 Å². The molecule has 1 amide bonds. The Kier molecular flexibility index (Phi) is 10.5. The van der Waals surface area contributed by atoms with Gasteiger partial charge in [0.2, 0.25) is 5.91 Å². The van der Waals surface area contributed by atoms with E-state index in [1.807, 2.05) is 4.90 Å². The first-order valence-electron chi connectivity index (χ1n) is 7.62. The van der Waals surface area contributed by atoms with Crippen LogP contribution >= 0.6 is 36.4 Å². The molecule has 3 N–H and O–H groups in total. The standard InChI is InChI=1S/C16H24ClN3O2.2ClH/c1-11-5-6-20(13(7-11)9-18)16(21)10-19-14-8-12(17)3-4-15(14)22-2;;/h3-4,8,11,13,19H,5-7,9-10,18H2,1-2H3;2*1H. The number of likely N-dealkylation sites (tertiary alicyclic amines) is 1. The molecular weight excluding hydrogens is 373 g/mol. The molecule has 0 radical (unpaired) electrons. The quantitative estimate of drug-likeness (QED) is 0.799. The number of benzene rings is 1. The lowest BCUT2D eigenvalue weighted by atomic mass is 9.92. The Bertz CT molecular complexity index is 531. The van der Waals surface area contributed by atoms with Crippen LogP contribution in [-0.4, -0.2) is 43.6 Å². The molecule has 1 aliphatic heterocycles. The second kappa shape index (κ2) is 10.9. The van der Waals surface area contributed by atoms with Crippen LogP contribution in [0.2, 0.25) is 5.02 Å². The molecule has 2 atom stereocenters. The zero-order valence-electron chi connectivity index (χ0n) is 14.0. The summed E-state index contributed by atoms with van der Waals surface area (Å²) in [6, 6.07) is 5.43. The van der Waals surface area contributed by atoms with Gasteiger partial charge in [-0.3, -0.25) is 4.79 Å². The number of ether oxygens (including phenoxy) is 1. The molecule has 0 saturated carbocycles. The van der Waals surface area contributed by atoms with E-state index in [1.54, 1.807) is 25.3 Å². The van der Waals surface area contributed by atoms with Crippen molar-refractivity contribution >= 4 is 48.0 Å². The molecule has 1 aromatic rings. The van der Waals surface area contributed by atoms with Gasteiger partial charge in [0.15, 0.2) is 0 Å². The molecule has 5 nitrogen and oxygen atoms in total. The lowest BCUT2D eigenvalue weighted by molar-refractivity contribution is -0.133. The van der Waals surface area contributed by atoms with Crippen LogP contribution in [0.4, 0.5) is 5.69 Å². The topological polar surface area (TPSA) is 67.6 Å². The number of methoxy groups -OCH3 is 1. The van der Waals surface area contributed by atoms with Gasteiger partial charge in [-0.05, 0) is 37.0 Å². The summed E-state index contributed by atoms with van der Waals surface area (Å²) in [7, 11) is 1.59. The molecule has 24 heavy (non-hydrogen) atoms. The largest absolute Gasteiger partial charge is 0.495 e. The number of hydrogen-bond donors (Lipinski definition) is 2. The number of amides is 1. The molecule has 0 bridgehead atoms. The van der Waals surface area contributed by atoms with Crippen molar-refractivity contribution in [3.8, 4) is 5.75 Å². The molecule has 0 aromatic heterocycles. The minimum atomic E-state index is 0. The summed E-state index contributed by atoms with van der Waals surface area (Å²) in [5, 5.41) is 3.72. The van der Waals surface area contributed by atoms with Gasteiger partial charge >= 0.3 is 0 Å². The number of carbonyl (C=O) groups is 1. The van der Waals surface area contributed by atoms with Crippen molar-refractivity contribution in [2.45, 2.75) is 25.8 Å². The number of nitrogens with two attached hydrogens (primary N) is 1. The van der Waals surface area contributed by atoms with Crippen LogP contribution in [-0.2, 0) is 4.79 Å². The Labute approximate surface area is 161 Å². The van der Waals surface area contributed by atoms with Gasteiger partial charge in [0.1, 0.15) is 5.75 Å². The maximum absolute atomic E-state index is 12.5. The average Bonchev–Trinajstić information content (AvgIpc) is 2.52. The minimum absolute atomic E-state index is 0. The molecule has 1 heterocycles. The van der Waals surface area contributed by atoms with Crippen LogP contribution in [0.3, 0.4) is 0 Å². The third-order valence-corrected chi connectivity index (χ3v) is 4.40. The fourth-order valence-electron chi connectivity index (χ4n) is 2.89. The molecule has 1 aliphatic rings. The van der Waals surface area contributed by atoms with Gasteiger partial charge in [0.05, 0.1) is 19.3 Å². The summed E-state index contributed by atoms with van der Waals surface area (Å²) >= 11 is 5.99. The molecule has 1 saturated heterocycles. The van der Waals surface area contributed by atoms with Gasteiger partial charge in [-0.15, -0.1) is 24.8 Å². The van der Waals surface area contributed by atoms with Crippen molar-refractivity contribution in [1.82, 2.24) is 4.90 Å². The van der Waals surface area contributed by atoms with E-state index in [-0.39, 0.29) is 43.3 Å². The SMILES string of the molecule is COc1ccc(Cl)cc1NCC(=O)N1CCC(C)CC1CN.Cl.Cl. The molecule has 0 aliphatic carbocycles. The van der Waals surface area contributed by atoms with Crippen molar-refractivity contribution in [3.63, 3.8) is 0 Å². The van der Waals surface area contributed by atoms with E-state index in [9.17, 15) is 4.79 Å². The highest BCUT2D eigenvalue weighted by molar-refractivity contribution is 6.30. The smallest absolute Gasteiger partial charge is 0.242 e. The molecule has 8 heteroatoms. The Balaban J connectivity index is 0.00000264. The maximum Gasteiger partial charge on any atom is 0.242 e. The normalized spacial score (nSPS) is 19.8. The van der Waals surface area contributed by atoms with Crippen molar-refractivity contribution in [1.29, 1.82) is 0 Å². The second-order valence-corrected chi connectivity index (χ2v) is 6.24. The van der Waals surface area contributed by atoms with Crippen LogP contribution in [0.1, 0.15) is 19.8 Å². The van der Waals surface area contributed by atoms with Crippen LogP contribution in [0.25, 0.3) is 0 Å². The summed E-state index contributed by atoms with van der Waals surface area (Å²) in [6.45, 7) is 3.70. The predicted octanol–water partition coefficient (Wildman–Crippen LogP) is 3.19. The number of halogens is 3. The number of anilines is 1. The van der Waals surface area contributed by atoms with E-state index in [2.05, 4.69) is 12.2 Å². The van der Waals surface area contributed by atoms with Gasteiger partial charge in [0, 0.05) is 24.2 Å². The van der Waals surface area contributed by atoms with Crippen LogP contribution in [0.15, 0.2) is 18.2 Å². The number of carbonyl (C=O) groups excluding carboxylic acids is 1. The fraction of sp³-hybridized carbons (Fsp3) is 0.562. The number of nitrogens with one attached hydrogen (secondary N) is 1. The van der Waals surface area contributed by atoms with Gasteiger partial charge in [-0.2, -0.15) is 0 Å². The monoisotopic (exact) mass is 397 g/mol. The molecule has 1 aromatic carbocycles. The molecule has 2 rings (SSSR count). The highest BCUT2D eigenvalue weighted by Gasteiger charge is 2.28. The summed E-state index contributed by atoms with van der Waals surface area (Å²) in [4.78, 5) is 14.4. The molecule has 138 valence electrons. The first kappa shape index (κ1) is 23.1. The Morgan fingerprint density at radius 3 is 2.79 bits per heavy atom. The lowest BCUT2D eigenvalue weighted by Crippen LogP contribution is -2.50. The van der Waals surface area contributed by atoms with Crippen LogP contribution in [0.5, 0.6) is 5.75 Å². The van der Waals surface area contributed by atoms with Gasteiger partial charge in [-0.1, -0.05) is 18.5 Å². The van der Waals surface area contributed by atoms with Crippen LogP contribution in [0, 0.1) is 5.92 Å². The molecular formula is C16H26Cl3N3O2. The Morgan fingerprint density at radius 2 is 2.17 bits per heavy atom. The Hall–Kier alpha value is -0.880. The van der Waals surface area contributed by atoms with E-state index in [0.29, 0.717) is 23.2 Å². The first-order valence-corrected chi connectivity index (χ1v) is 8.00. The highest BCUT2D eigenvalue weighted by Crippen LogP contribution is 2.28. The van der Waals surface area contributed by atoms with E-state index in [4.69, 9.17) is 22.1 Å². The lowest BCUT2D eigenvalue weighted by Gasteiger charge is -2.38. The maximum atomic E-state index is 12.5. The summed E-state index contributed by atoms with van der Waals surface area (Å²) in [6.07, 6.45) is 2.01. The number of hydrogen-bond acceptors (Lipinski definition) is 4. The second-order valence-electron chi connectivity index (χ2n) is 5.80. The summed E-state index contributed by atoms with van der Waals surface area (Å²) in [5.41, 5.74) is 6.54. The number of piperidine rings is 1. The Morgan fingerprint density at radius 1 is 1.46 bits per heavy atom. The van der Waals surface area contributed by atoms with Crippen molar-refractivity contribution in [2.24, 2.45) is 11.7 Å². The first-order chi connectivity index (χ1) is 10.5. The average molecular weight is 399 g/mol. The number of nitrogens with zero attached hydrogens (tertiary/aromatic N) is 1. The highest BCUT2D eigenvalue weighted by atomic mass is 35.5. The predicted molar refractivity (Wildman–Crippen MR) is 104 cm³/mol.